The van der Waals surface area contributed by atoms with Crippen LogP contribution in [0.5, 0.6) is 6.01 Å². The van der Waals surface area contributed by atoms with Gasteiger partial charge in [0.15, 0.2) is 5.83 Å². The van der Waals surface area contributed by atoms with Crippen LogP contribution < -0.4 is 14.5 Å². The first-order valence-electron chi connectivity index (χ1n) is 16.0. The van der Waals surface area contributed by atoms with Crippen molar-refractivity contribution >= 4 is 29.2 Å². The third kappa shape index (κ3) is 5.40. The van der Waals surface area contributed by atoms with Crippen molar-refractivity contribution in [2.24, 2.45) is 0 Å². The molecule has 5 aliphatic heterocycles. The summed E-state index contributed by atoms with van der Waals surface area (Å²) < 4.78 is 20.3. The lowest BCUT2D eigenvalue weighted by atomic mass is 9.95. The van der Waals surface area contributed by atoms with Crippen molar-refractivity contribution in [2.75, 3.05) is 61.4 Å². The lowest BCUT2D eigenvalue weighted by Crippen LogP contribution is -2.55. The molecule has 6 heterocycles. The highest BCUT2D eigenvalue weighted by atomic mass is 32.2. The van der Waals surface area contributed by atoms with E-state index in [1.54, 1.807) is 0 Å². The maximum Gasteiger partial charge on any atom is 0.318 e. The van der Waals surface area contributed by atoms with E-state index in [0.717, 1.165) is 68.1 Å². The van der Waals surface area contributed by atoms with Gasteiger partial charge in [0.25, 0.3) is 5.91 Å². The standard InChI is InChI=1S/C33H40FN7O2S/c1-23(34)31(42)41-18-17-39(20-25(41)9-13-35)30-26-10-16-38(28-8-2-6-24-7-3-19-44-29(24)28)21-27(26)36-32(37-30)43-22-33-11-4-14-40(33)15-5-12-33/h2,6,8,25H,1,3-5,7,9-12,14-22H2/t25-/m0/s1. The molecular formula is C33H40FN7O2S. The number of anilines is 2. The van der Waals surface area contributed by atoms with Crippen molar-refractivity contribution in [3.8, 4) is 12.1 Å². The molecule has 0 bridgehead atoms. The summed E-state index contributed by atoms with van der Waals surface area (Å²) in [4.78, 5) is 32.6. The van der Waals surface area contributed by atoms with E-state index in [1.165, 1.54) is 40.3 Å². The fourth-order valence-corrected chi connectivity index (χ4v) is 9.15. The first-order chi connectivity index (χ1) is 21.5. The molecule has 0 saturated carbocycles. The monoisotopic (exact) mass is 617 g/mol. The Morgan fingerprint density at radius 2 is 1.95 bits per heavy atom. The van der Waals surface area contributed by atoms with E-state index in [0.29, 0.717) is 38.8 Å². The number of thioether (sulfide) groups is 1. The topological polar surface area (TPSA) is 88.8 Å². The van der Waals surface area contributed by atoms with Crippen molar-refractivity contribution in [2.45, 2.75) is 74.4 Å². The fraction of sp³-hybridized carbons (Fsp3) is 0.576. The van der Waals surface area contributed by atoms with E-state index >= 15 is 0 Å². The van der Waals surface area contributed by atoms with E-state index in [1.807, 2.05) is 11.8 Å². The van der Waals surface area contributed by atoms with Gasteiger partial charge in [-0.2, -0.15) is 15.2 Å². The number of ether oxygens (including phenoxy) is 1. The van der Waals surface area contributed by atoms with E-state index in [4.69, 9.17) is 14.7 Å². The summed E-state index contributed by atoms with van der Waals surface area (Å²) in [5.41, 5.74) is 4.84. The zero-order chi connectivity index (χ0) is 30.3. The molecule has 9 nitrogen and oxygen atoms in total. The summed E-state index contributed by atoms with van der Waals surface area (Å²) in [7, 11) is 0. The predicted molar refractivity (Wildman–Crippen MR) is 169 cm³/mol. The van der Waals surface area contributed by atoms with Crippen molar-refractivity contribution in [3.63, 3.8) is 0 Å². The molecule has 1 atom stereocenters. The van der Waals surface area contributed by atoms with Gasteiger partial charge < -0.3 is 19.4 Å². The number of piperazine rings is 1. The van der Waals surface area contributed by atoms with Crippen LogP contribution in [0.15, 0.2) is 35.5 Å². The van der Waals surface area contributed by atoms with Gasteiger partial charge in [-0.3, -0.25) is 9.69 Å². The minimum Gasteiger partial charge on any atom is -0.461 e. The fourth-order valence-electron chi connectivity index (χ4n) is 7.95. The molecule has 0 unspecified atom stereocenters. The van der Waals surface area contributed by atoms with Gasteiger partial charge in [-0.05, 0) is 75.4 Å². The molecule has 1 amide bonds. The molecular weight excluding hydrogens is 577 g/mol. The van der Waals surface area contributed by atoms with Crippen molar-refractivity contribution in [1.29, 1.82) is 5.26 Å². The summed E-state index contributed by atoms with van der Waals surface area (Å²) in [5.74, 6) is 0.224. The Morgan fingerprint density at radius 1 is 1.11 bits per heavy atom. The van der Waals surface area contributed by atoms with Crippen molar-refractivity contribution in [1.82, 2.24) is 19.8 Å². The van der Waals surface area contributed by atoms with Crippen LogP contribution in [-0.2, 0) is 24.2 Å². The molecule has 0 radical (unpaired) electrons. The van der Waals surface area contributed by atoms with E-state index < -0.39 is 17.8 Å². The number of halogens is 1. The van der Waals surface area contributed by atoms with Crippen molar-refractivity contribution in [3.05, 3.63) is 47.4 Å². The number of carbonyl (C=O) groups is 1. The summed E-state index contributed by atoms with van der Waals surface area (Å²) in [5, 5.41) is 9.54. The van der Waals surface area contributed by atoms with Gasteiger partial charge in [0, 0.05) is 36.6 Å². The number of aromatic nitrogens is 2. The Hall–Kier alpha value is -3.36. The molecule has 0 N–H and O–H groups in total. The highest BCUT2D eigenvalue weighted by Crippen LogP contribution is 2.42. The predicted octanol–water partition coefficient (Wildman–Crippen LogP) is 4.50. The average Bonchev–Trinajstić information content (AvgIpc) is 3.63. The van der Waals surface area contributed by atoms with Crippen LogP contribution in [0.2, 0.25) is 0 Å². The summed E-state index contributed by atoms with van der Waals surface area (Å²) >= 11 is 1.96. The number of hydrogen-bond acceptors (Lipinski definition) is 9. The van der Waals surface area contributed by atoms with Gasteiger partial charge in [0.05, 0.1) is 42.0 Å². The zero-order valence-electron chi connectivity index (χ0n) is 25.3. The Bertz CT molecular complexity index is 1490. The summed E-state index contributed by atoms with van der Waals surface area (Å²) in [6.45, 7) is 8.71. The SMILES string of the molecule is C=C(F)C(=O)N1CCN(c2nc(OCC34CCCN3CCC4)nc3c2CCN(c2cccc4c2SCCC4)C3)C[C@@H]1CC#N. The number of benzene rings is 1. The van der Waals surface area contributed by atoms with Crippen LogP contribution in [0.3, 0.4) is 0 Å². The van der Waals surface area contributed by atoms with Gasteiger partial charge >= 0.3 is 6.01 Å². The molecule has 232 valence electrons. The van der Waals surface area contributed by atoms with Crippen LogP contribution >= 0.6 is 11.8 Å². The van der Waals surface area contributed by atoms with Gasteiger partial charge in [0.1, 0.15) is 12.4 Å². The molecule has 1 aromatic heterocycles. The smallest absolute Gasteiger partial charge is 0.318 e. The number of carbonyl (C=O) groups excluding carboxylic acids is 1. The number of nitrogens with zero attached hydrogens (tertiary/aromatic N) is 7. The first-order valence-corrected chi connectivity index (χ1v) is 17.0. The second kappa shape index (κ2) is 12.2. The Labute approximate surface area is 263 Å². The third-order valence-electron chi connectivity index (χ3n) is 10.2. The van der Waals surface area contributed by atoms with E-state index in [9.17, 15) is 14.4 Å². The van der Waals surface area contributed by atoms with Crippen molar-refractivity contribution < 1.29 is 13.9 Å². The molecule has 5 aliphatic rings. The lowest BCUT2D eigenvalue weighted by molar-refractivity contribution is -0.131. The summed E-state index contributed by atoms with van der Waals surface area (Å²) in [6, 6.07) is 8.78. The lowest BCUT2D eigenvalue weighted by Gasteiger charge is -2.42. The van der Waals surface area contributed by atoms with Gasteiger partial charge in [-0.1, -0.05) is 18.7 Å². The molecule has 0 aliphatic carbocycles. The van der Waals surface area contributed by atoms with Gasteiger partial charge in [-0.25, -0.2) is 4.39 Å². The molecule has 11 heteroatoms. The van der Waals surface area contributed by atoms with E-state index in [-0.39, 0.29) is 12.0 Å². The second-order valence-electron chi connectivity index (χ2n) is 12.7. The highest BCUT2D eigenvalue weighted by molar-refractivity contribution is 7.99. The van der Waals surface area contributed by atoms with Crippen LogP contribution in [0.25, 0.3) is 0 Å². The Balaban J connectivity index is 1.20. The highest BCUT2D eigenvalue weighted by Gasteiger charge is 2.45. The normalized spacial score (nSPS) is 22.6. The number of amides is 1. The van der Waals surface area contributed by atoms with Gasteiger partial charge in [-0.15, -0.1) is 11.8 Å². The summed E-state index contributed by atoms with van der Waals surface area (Å²) in [6.07, 6.45) is 7.89. The van der Waals surface area contributed by atoms with Crippen LogP contribution in [0, 0.1) is 11.3 Å². The number of aryl methyl sites for hydroxylation is 1. The number of hydrogen-bond donors (Lipinski definition) is 0. The number of fused-ring (bicyclic) bond motifs is 3. The van der Waals surface area contributed by atoms with Gasteiger partial charge in [0.2, 0.25) is 0 Å². The first kappa shape index (κ1) is 29.4. The molecule has 44 heavy (non-hydrogen) atoms. The molecule has 3 saturated heterocycles. The number of nitriles is 1. The maximum atomic E-state index is 13.8. The molecule has 1 aromatic carbocycles. The van der Waals surface area contributed by atoms with Crippen LogP contribution in [0.4, 0.5) is 15.9 Å². The number of rotatable bonds is 7. The largest absolute Gasteiger partial charge is 0.461 e. The minimum atomic E-state index is -0.995. The van der Waals surface area contributed by atoms with Crippen LogP contribution in [0.1, 0.15) is 55.3 Å². The molecule has 7 rings (SSSR count). The second-order valence-corrected chi connectivity index (χ2v) is 13.8. The molecule has 2 aromatic rings. The molecule has 3 fully saturated rings. The zero-order valence-corrected chi connectivity index (χ0v) is 26.1. The van der Waals surface area contributed by atoms with E-state index in [2.05, 4.69) is 45.5 Å². The average molecular weight is 618 g/mol. The maximum absolute atomic E-state index is 13.8. The minimum absolute atomic E-state index is 0.0738. The van der Waals surface area contributed by atoms with Crippen LogP contribution in [-0.4, -0.2) is 88.9 Å². The quantitative estimate of drug-likeness (QED) is 0.417. The Kier molecular flexibility index (Phi) is 8.14. The third-order valence-corrected chi connectivity index (χ3v) is 11.4. The Morgan fingerprint density at radius 3 is 2.75 bits per heavy atom. The molecule has 0 spiro atoms.